The summed E-state index contributed by atoms with van der Waals surface area (Å²) in [6.07, 6.45) is 4.36. The van der Waals surface area contributed by atoms with E-state index >= 15 is 0 Å². The average molecular weight is 381 g/mol. The first kappa shape index (κ1) is 20.4. The molecule has 2 amide bonds. The van der Waals surface area contributed by atoms with Crippen LogP contribution in [0.5, 0.6) is 0 Å². The number of nitrogens with zero attached hydrogens (tertiary/aromatic N) is 1. The Balaban J connectivity index is 1.94. The van der Waals surface area contributed by atoms with Gasteiger partial charge in [0.25, 0.3) is 5.91 Å². The lowest BCUT2D eigenvalue weighted by Crippen LogP contribution is -2.45. The van der Waals surface area contributed by atoms with Crippen molar-refractivity contribution in [2.45, 2.75) is 43.5 Å². The molecular formula is C18H27N3O4S. The van der Waals surface area contributed by atoms with Crippen LogP contribution in [0, 0.1) is 5.92 Å². The average Bonchev–Trinajstić information content (AvgIpc) is 2.61. The molecule has 7 nitrogen and oxygen atoms in total. The van der Waals surface area contributed by atoms with Crippen molar-refractivity contribution in [3.05, 3.63) is 29.8 Å². The van der Waals surface area contributed by atoms with E-state index in [1.165, 1.54) is 44.8 Å². The molecule has 1 aliphatic rings. The van der Waals surface area contributed by atoms with Gasteiger partial charge in [-0.15, -0.1) is 0 Å². The second-order valence-electron chi connectivity index (χ2n) is 6.93. The lowest BCUT2D eigenvalue weighted by molar-refractivity contribution is -0.121. The van der Waals surface area contributed by atoms with E-state index in [-0.39, 0.29) is 29.0 Å². The summed E-state index contributed by atoms with van der Waals surface area (Å²) in [4.78, 5) is 24.4. The number of nitrogens with one attached hydrogen (secondary N) is 2. The van der Waals surface area contributed by atoms with Crippen LogP contribution >= 0.6 is 0 Å². The molecule has 2 N–H and O–H groups in total. The van der Waals surface area contributed by atoms with E-state index in [0.29, 0.717) is 5.92 Å². The van der Waals surface area contributed by atoms with E-state index < -0.39 is 15.9 Å². The first-order valence-electron chi connectivity index (χ1n) is 8.82. The molecule has 2 atom stereocenters. The monoisotopic (exact) mass is 381 g/mol. The predicted molar refractivity (Wildman–Crippen MR) is 99.2 cm³/mol. The van der Waals surface area contributed by atoms with E-state index in [2.05, 4.69) is 17.6 Å². The molecule has 0 spiro atoms. The summed E-state index contributed by atoms with van der Waals surface area (Å²) < 4.78 is 25.4. The molecule has 26 heavy (non-hydrogen) atoms. The third kappa shape index (κ3) is 5.04. The second kappa shape index (κ2) is 8.64. The normalized spacial score (nSPS) is 20.6. The molecule has 2 rings (SSSR count). The molecule has 0 bridgehead atoms. The molecule has 1 saturated carbocycles. The Bertz CT molecular complexity index is 761. The van der Waals surface area contributed by atoms with Gasteiger partial charge in [0, 0.05) is 25.7 Å². The first-order valence-corrected chi connectivity index (χ1v) is 10.3. The fraction of sp³-hybridized carbons (Fsp3) is 0.556. The summed E-state index contributed by atoms with van der Waals surface area (Å²) in [5.41, 5.74) is 0.201. The number of carbonyl (C=O) groups excluding carboxylic acids is 2. The van der Waals surface area contributed by atoms with Crippen molar-refractivity contribution in [2.24, 2.45) is 5.92 Å². The van der Waals surface area contributed by atoms with Crippen LogP contribution in [-0.2, 0) is 14.8 Å². The Morgan fingerprint density at radius 1 is 1.19 bits per heavy atom. The largest absolute Gasteiger partial charge is 0.352 e. The molecule has 0 aromatic heterocycles. The molecular weight excluding hydrogens is 354 g/mol. The molecule has 0 saturated heterocycles. The number of hydrogen-bond donors (Lipinski definition) is 2. The highest BCUT2D eigenvalue weighted by molar-refractivity contribution is 7.89. The Kier molecular flexibility index (Phi) is 6.77. The maximum atomic E-state index is 12.3. The summed E-state index contributed by atoms with van der Waals surface area (Å²) in [7, 11) is -0.757. The van der Waals surface area contributed by atoms with Crippen molar-refractivity contribution in [1.29, 1.82) is 0 Å². The van der Waals surface area contributed by atoms with E-state index in [9.17, 15) is 18.0 Å². The Labute approximate surface area is 155 Å². The fourth-order valence-electron chi connectivity index (χ4n) is 3.06. The minimum Gasteiger partial charge on any atom is -0.352 e. The minimum absolute atomic E-state index is 0.0376. The zero-order valence-corrected chi connectivity index (χ0v) is 16.3. The smallest absolute Gasteiger partial charge is 0.251 e. The predicted octanol–water partition coefficient (Wildman–Crippen LogP) is 1.36. The number of sulfonamides is 1. The Hall–Kier alpha value is -1.93. The van der Waals surface area contributed by atoms with Crippen molar-refractivity contribution in [1.82, 2.24) is 14.9 Å². The molecule has 8 heteroatoms. The van der Waals surface area contributed by atoms with E-state index in [1.807, 2.05) is 0 Å². The quantitative estimate of drug-likeness (QED) is 0.778. The minimum atomic E-state index is -3.62. The third-order valence-electron chi connectivity index (χ3n) is 4.74. The SMILES string of the molecule is C[C@@H]1CCCC[C@@H]1NC(=O)CNC(=O)c1cccc(S(=O)(=O)N(C)C)c1. The Morgan fingerprint density at radius 3 is 2.54 bits per heavy atom. The highest BCUT2D eigenvalue weighted by Gasteiger charge is 2.23. The number of amides is 2. The van der Waals surface area contributed by atoms with Gasteiger partial charge in [0.2, 0.25) is 15.9 Å². The molecule has 0 aliphatic heterocycles. The number of carbonyl (C=O) groups is 2. The van der Waals surface area contributed by atoms with Crippen molar-refractivity contribution in [3.8, 4) is 0 Å². The van der Waals surface area contributed by atoms with Gasteiger partial charge >= 0.3 is 0 Å². The van der Waals surface area contributed by atoms with Crippen molar-refractivity contribution in [3.63, 3.8) is 0 Å². The lowest BCUT2D eigenvalue weighted by atomic mass is 9.86. The molecule has 144 valence electrons. The number of hydrogen-bond acceptors (Lipinski definition) is 4. The van der Waals surface area contributed by atoms with Gasteiger partial charge in [0.05, 0.1) is 11.4 Å². The molecule has 0 heterocycles. The van der Waals surface area contributed by atoms with Gasteiger partial charge in [0.1, 0.15) is 0 Å². The van der Waals surface area contributed by atoms with Gasteiger partial charge in [-0.05, 0) is 37.0 Å². The van der Waals surface area contributed by atoms with E-state index in [1.54, 1.807) is 0 Å². The zero-order valence-electron chi connectivity index (χ0n) is 15.5. The van der Waals surface area contributed by atoms with Crippen molar-refractivity contribution >= 4 is 21.8 Å². The topological polar surface area (TPSA) is 95.6 Å². The maximum Gasteiger partial charge on any atom is 0.251 e. The van der Waals surface area contributed by atoms with Crippen LogP contribution in [-0.4, -0.2) is 51.2 Å². The standard InChI is InChI=1S/C18H27N3O4S/c1-13-7-4-5-10-16(13)20-17(22)12-19-18(23)14-8-6-9-15(11-14)26(24,25)21(2)3/h6,8-9,11,13,16H,4-5,7,10,12H2,1-3H3,(H,19,23)(H,20,22)/t13-,16+/m1/s1. The summed E-state index contributed by atoms with van der Waals surface area (Å²) in [5, 5.41) is 5.52. The highest BCUT2D eigenvalue weighted by Crippen LogP contribution is 2.23. The number of rotatable bonds is 6. The molecule has 1 aliphatic carbocycles. The van der Waals surface area contributed by atoms with Crippen LogP contribution in [0.2, 0.25) is 0 Å². The van der Waals surface area contributed by atoms with Crippen LogP contribution in [0.1, 0.15) is 43.0 Å². The van der Waals surface area contributed by atoms with Crippen LogP contribution in [0.4, 0.5) is 0 Å². The van der Waals surface area contributed by atoms with Gasteiger partial charge in [-0.25, -0.2) is 12.7 Å². The van der Waals surface area contributed by atoms with Crippen LogP contribution < -0.4 is 10.6 Å². The second-order valence-corrected chi connectivity index (χ2v) is 9.09. The fourth-order valence-corrected chi connectivity index (χ4v) is 4.01. The van der Waals surface area contributed by atoms with Crippen LogP contribution in [0.3, 0.4) is 0 Å². The van der Waals surface area contributed by atoms with Crippen LogP contribution in [0.15, 0.2) is 29.2 Å². The summed E-state index contributed by atoms with van der Waals surface area (Å²) in [6, 6.07) is 5.93. The number of benzene rings is 1. The van der Waals surface area contributed by atoms with Crippen LogP contribution in [0.25, 0.3) is 0 Å². The maximum absolute atomic E-state index is 12.3. The van der Waals surface area contributed by atoms with Gasteiger partial charge in [-0.3, -0.25) is 9.59 Å². The molecule has 1 aromatic rings. The molecule has 0 unspecified atom stereocenters. The van der Waals surface area contributed by atoms with Crippen molar-refractivity contribution in [2.75, 3.05) is 20.6 Å². The molecule has 0 radical (unpaired) electrons. The van der Waals surface area contributed by atoms with Gasteiger partial charge in [-0.2, -0.15) is 0 Å². The lowest BCUT2D eigenvalue weighted by Gasteiger charge is -2.29. The molecule has 1 aromatic carbocycles. The van der Waals surface area contributed by atoms with Gasteiger partial charge in [0.15, 0.2) is 0 Å². The van der Waals surface area contributed by atoms with Gasteiger partial charge < -0.3 is 10.6 Å². The summed E-state index contributed by atoms with van der Waals surface area (Å²) in [6.45, 7) is 1.99. The Morgan fingerprint density at radius 2 is 1.88 bits per heavy atom. The van der Waals surface area contributed by atoms with Crippen molar-refractivity contribution < 1.29 is 18.0 Å². The summed E-state index contributed by atoms with van der Waals surface area (Å²) in [5.74, 6) is -0.266. The third-order valence-corrected chi connectivity index (χ3v) is 6.55. The first-order chi connectivity index (χ1) is 12.2. The van der Waals surface area contributed by atoms with E-state index in [0.717, 1.165) is 23.6 Å². The molecule has 1 fully saturated rings. The zero-order chi connectivity index (χ0) is 19.3. The van der Waals surface area contributed by atoms with Gasteiger partial charge in [-0.1, -0.05) is 25.8 Å². The highest BCUT2D eigenvalue weighted by atomic mass is 32.2. The van der Waals surface area contributed by atoms with E-state index in [4.69, 9.17) is 0 Å². The summed E-state index contributed by atoms with van der Waals surface area (Å²) >= 11 is 0.